The lowest BCUT2D eigenvalue weighted by Crippen LogP contribution is -2.44. The molecule has 0 saturated carbocycles. The highest BCUT2D eigenvalue weighted by molar-refractivity contribution is 8.01. The average Bonchev–Trinajstić information content (AvgIpc) is 3.28. The number of rotatable bonds is 6. The van der Waals surface area contributed by atoms with Crippen LogP contribution in [0.3, 0.4) is 0 Å². The molecule has 2 aliphatic heterocycles. The standard InChI is InChI=1S/C27H34N4OS/c1-2-16-33-31(22-8-4-3-5-9-22)27(32)29-21-11-12-26-24(18-21)25(19-28-26)20-13-15-30-14-7-6-10-23(30)17-20/h3-5,8-9,11-12,18-20,23,28H,2,6-7,10,13-17H2,1H3,(H,29,32). The molecule has 33 heavy (non-hydrogen) atoms. The van der Waals surface area contributed by atoms with Crippen molar-refractivity contribution in [1.29, 1.82) is 0 Å². The molecule has 174 valence electrons. The molecule has 2 aromatic carbocycles. The molecule has 2 amide bonds. The van der Waals surface area contributed by atoms with Gasteiger partial charge in [0.05, 0.1) is 5.69 Å². The van der Waals surface area contributed by atoms with Crippen molar-refractivity contribution >= 4 is 40.3 Å². The Hall–Kier alpha value is -2.44. The number of para-hydroxylation sites is 1. The molecule has 2 atom stereocenters. The van der Waals surface area contributed by atoms with Gasteiger partial charge >= 0.3 is 6.03 Å². The second kappa shape index (κ2) is 10.2. The van der Waals surface area contributed by atoms with Gasteiger partial charge in [0.15, 0.2) is 0 Å². The van der Waals surface area contributed by atoms with Gasteiger partial charge in [0.1, 0.15) is 0 Å². The first-order valence-electron chi connectivity index (χ1n) is 12.4. The topological polar surface area (TPSA) is 51.4 Å². The second-order valence-corrected chi connectivity index (χ2v) is 10.3. The summed E-state index contributed by atoms with van der Waals surface area (Å²) in [5.41, 5.74) is 4.30. The fraction of sp³-hybridized carbons (Fsp3) is 0.444. The minimum absolute atomic E-state index is 0.105. The van der Waals surface area contributed by atoms with E-state index in [1.54, 1.807) is 16.3 Å². The van der Waals surface area contributed by atoms with E-state index in [-0.39, 0.29) is 6.03 Å². The van der Waals surface area contributed by atoms with E-state index in [0.717, 1.165) is 35.1 Å². The van der Waals surface area contributed by atoms with Crippen LogP contribution in [0.25, 0.3) is 10.9 Å². The highest BCUT2D eigenvalue weighted by Crippen LogP contribution is 2.39. The fourth-order valence-electron chi connectivity index (χ4n) is 5.40. The van der Waals surface area contributed by atoms with Gasteiger partial charge in [0.25, 0.3) is 0 Å². The summed E-state index contributed by atoms with van der Waals surface area (Å²) in [6, 6.07) is 16.8. The Morgan fingerprint density at radius 2 is 2.03 bits per heavy atom. The molecule has 5 rings (SSSR count). The predicted octanol–water partition coefficient (Wildman–Crippen LogP) is 7.00. The molecule has 2 saturated heterocycles. The van der Waals surface area contributed by atoms with Gasteiger partial charge in [-0.1, -0.05) is 31.5 Å². The van der Waals surface area contributed by atoms with Crippen LogP contribution in [0.15, 0.2) is 54.7 Å². The largest absolute Gasteiger partial charge is 0.361 e. The molecule has 2 unspecified atom stereocenters. The maximum absolute atomic E-state index is 13.2. The zero-order valence-corrected chi connectivity index (χ0v) is 20.2. The summed E-state index contributed by atoms with van der Waals surface area (Å²) in [6.07, 6.45) is 9.74. The van der Waals surface area contributed by atoms with Crippen LogP contribution in [-0.4, -0.2) is 40.8 Å². The number of nitrogens with one attached hydrogen (secondary N) is 2. The van der Waals surface area contributed by atoms with Crippen molar-refractivity contribution in [2.75, 3.05) is 28.5 Å². The lowest BCUT2D eigenvalue weighted by atomic mass is 9.82. The van der Waals surface area contributed by atoms with Gasteiger partial charge in [0.2, 0.25) is 0 Å². The Kier molecular flexibility index (Phi) is 6.93. The van der Waals surface area contributed by atoms with Crippen molar-refractivity contribution in [2.45, 2.75) is 57.4 Å². The molecule has 0 radical (unpaired) electrons. The van der Waals surface area contributed by atoms with Crippen LogP contribution in [-0.2, 0) is 0 Å². The van der Waals surface area contributed by atoms with E-state index in [1.165, 1.54) is 56.1 Å². The number of benzene rings is 2. The van der Waals surface area contributed by atoms with Crippen molar-refractivity contribution in [2.24, 2.45) is 0 Å². The van der Waals surface area contributed by atoms with Crippen LogP contribution in [0.2, 0.25) is 0 Å². The zero-order chi connectivity index (χ0) is 22.6. The number of fused-ring (bicyclic) bond motifs is 2. The molecule has 3 heterocycles. The average molecular weight is 463 g/mol. The Morgan fingerprint density at radius 1 is 1.15 bits per heavy atom. The summed E-state index contributed by atoms with van der Waals surface area (Å²) < 4.78 is 1.77. The van der Waals surface area contributed by atoms with E-state index in [9.17, 15) is 4.79 Å². The quantitative estimate of drug-likeness (QED) is 0.388. The van der Waals surface area contributed by atoms with E-state index >= 15 is 0 Å². The van der Waals surface area contributed by atoms with Crippen LogP contribution in [0, 0.1) is 0 Å². The molecule has 0 bridgehead atoms. The van der Waals surface area contributed by atoms with Crippen LogP contribution in [0.1, 0.15) is 56.9 Å². The summed E-state index contributed by atoms with van der Waals surface area (Å²) >= 11 is 1.55. The first-order valence-corrected chi connectivity index (χ1v) is 13.3. The number of anilines is 2. The molecular weight excluding hydrogens is 428 g/mol. The van der Waals surface area contributed by atoms with Gasteiger partial charge in [-0.15, -0.1) is 0 Å². The van der Waals surface area contributed by atoms with Crippen molar-refractivity contribution < 1.29 is 4.79 Å². The monoisotopic (exact) mass is 462 g/mol. The second-order valence-electron chi connectivity index (χ2n) is 9.30. The maximum Gasteiger partial charge on any atom is 0.336 e. The Morgan fingerprint density at radius 3 is 2.88 bits per heavy atom. The van der Waals surface area contributed by atoms with E-state index in [2.05, 4.69) is 40.5 Å². The third-order valence-electron chi connectivity index (χ3n) is 7.07. The minimum atomic E-state index is -0.105. The highest BCUT2D eigenvalue weighted by Gasteiger charge is 2.31. The summed E-state index contributed by atoms with van der Waals surface area (Å²) in [4.78, 5) is 19.4. The smallest absolute Gasteiger partial charge is 0.336 e. The van der Waals surface area contributed by atoms with Crippen molar-refractivity contribution in [3.8, 4) is 0 Å². The molecule has 5 nitrogen and oxygen atoms in total. The number of piperidine rings is 2. The third kappa shape index (κ3) is 4.92. The summed E-state index contributed by atoms with van der Waals surface area (Å²) in [6.45, 7) is 4.61. The van der Waals surface area contributed by atoms with E-state index < -0.39 is 0 Å². The summed E-state index contributed by atoms with van der Waals surface area (Å²) in [5.74, 6) is 1.48. The van der Waals surface area contributed by atoms with E-state index in [4.69, 9.17) is 0 Å². The number of amides is 2. The Bertz CT molecular complexity index is 1080. The third-order valence-corrected chi connectivity index (χ3v) is 8.30. The Balaban J connectivity index is 1.35. The number of nitrogens with zero attached hydrogens (tertiary/aromatic N) is 2. The van der Waals surface area contributed by atoms with Gasteiger partial charge in [-0.25, -0.2) is 9.10 Å². The molecule has 1 aromatic heterocycles. The van der Waals surface area contributed by atoms with Crippen molar-refractivity contribution in [3.05, 3.63) is 60.3 Å². The van der Waals surface area contributed by atoms with E-state index in [1.807, 2.05) is 36.4 Å². The van der Waals surface area contributed by atoms with Crippen LogP contribution in [0.5, 0.6) is 0 Å². The van der Waals surface area contributed by atoms with Gasteiger partial charge in [-0.05, 0) is 99.0 Å². The number of hydrogen-bond acceptors (Lipinski definition) is 3. The first kappa shape index (κ1) is 22.4. The SMILES string of the molecule is CCCSN(C(=O)Nc1ccc2[nH]cc(C3CCN4CCCCC4C3)c2c1)c1ccccc1. The number of urea groups is 1. The van der Waals surface area contributed by atoms with E-state index in [0.29, 0.717) is 5.92 Å². The Labute approximate surface area is 201 Å². The molecule has 0 spiro atoms. The van der Waals surface area contributed by atoms with Gasteiger partial charge in [-0.3, -0.25) is 0 Å². The van der Waals surface area contributed by atoms with Crippen LogP contribution >= 0.6 is 11.9 Å². The summed E-state index contributed by atoms with van der Waals surface area (Å²) in [5, 5.41) is 4.40. The van der Waals surface area contributed by atoms with Gasteiger partial charge < -0.3 is 15.2 Å². The zero-order valence-electron chi connectivity index (χ0n) is 19.4. The van der Waals surface area contributed by atoms with Gasteiger partial charge in [-0.2, -0.15) is 0 Å². The normalized spacial score (nSPS) is 21.0. The molecule has 2 fully saturated rings. The van der Waals surface area contributed by atoms with Crippen molar-refractivity contribution in [1.82, 2.24) is 9.88 Å². The predicted molar refractivity (Wildman–Crippen MR) is 140 cm³/mol. The van der Waals surface area contributed by atoms with Crippen LogP contribution in [0.4, 0.5) is 16.2 Å². The number of H-pyrrole nitrogens is 1. The molecular formula is C27H34N4OS. The van der Waals surface area contributed by atoms with Gasteiger partial charge in [0, 0.05) is 34.6 Å². The minimum Gasteiger partial charge on any atom is -0.361 e. The number of aromatic amines is 1. The fourth-order valence-corrected chi connectivity index (χ4v) is 6.20. The molecule has 6 heteroatoms. The lowest BCUT2D eigenvalue weighted by Gasteiger charge is -2.42. The molecule has 0 aliphatic carbocycles. The lowest BCUT2D eigenvalue weighted by molar-refractivity contribution is 0.0977. The maximum atomic E-state index is 13.2. The number of aromatic nitrogens is 1. The van der Waals surface area contributed by atoms with Crippen molar-refractivity contribution in [3.63, 3.8) is 0 Å². The number of hydrogen-bond donors (Lipinski definition) is 2. The summed E-state index contributed by atoms with van der Waals surface area (Å²) in [7, 11) is 0. The number of carbonyl (C=O) groups excluding carboxylic acids is 1. The molecule has 2 N–H and O–H groups in total. The molecule has 3 aromatic rings. The number of carbonyl (C=O) groups is 1. The van der Waals surface area contributed by atoms with Crippen LogP contribution < -0.4 is 9.62 Å². The molecule has 2 aliphatic rings. The first-order chi connectivity index (χ1) is 16.2. The highest BCUT2D eigenvalue weighted by atomic mass is 32.2.